The van der Waals surface area contributed by atoms with E-state index >= 15 is 0 Å². The van der Waals surface area contributed by atoms with Crippen LogP contribution in [0.3, 0.4) is 0 Å². The molecular formula is C13H11F2N3O. The Labute approximate surface area is 108 Å². The molecule has 1 aromatic heterocycles. The first-order valence-electron chi connectivity index (χ1n) is 5.46. The number of hydrogen-bond donors (Lipinski definition) is 2. The number of carbonyl (C=O) groups is 1. The van der Waals surface area contributed by atoms with E-state index in [0.29, 0.717) is 11.3 Å². The molecule has 0 saturated heterocycles. The molecule has 6 heteroatoms. The van der Waals surface area contributed by atoms with E-state index in [2.05, 4.69) is 10.3 Å². The van der Waals surface area contributed by atoms with Crippen LogP contribution in [0.15, 0.2) is 30.3 Å². The van der Waals surface area contributed by atoms with E-state index in [1.165, 1.54) is 12.1 Å². The zero-order chi connectivity index (χ0) is 14.0. The number of benzene rings is 1. The van der Waals surface area contributed by atoms with Crippen LogP contribution < -0.4 is 11.1 Å². The normalized spacial score (nSPS) is 10.3. The second kappa shape index (κ2) is 5.01. The quantitative estimate of drug-likeness (QED) is 0.874. The fourth-order valence-electron chi connectivity index (χ4n) is 1.60. The average Bonchev–Trinajstić information content (AvgIpc) is 2.32. The lowest BCUT2D eigenvalue weighted by Gasteiger charge is -2.07. The summed E-state index contributed by atoms with van der Waals surface area (Å²) in [5.41, 5.74) is 6.59. The SMILES string of the molecule is Cc1cc(C(=O)Nc2ccc(F)c(F)c2)cc(N)n1. The number of hydrogen-bond acceptors (Lipinski definition) is 3. The second-order valence-corrected chi connectivity index (χ2v) is 4.01. The van der Waals surface area contributed by atoms with Crippen LogP contribution in [0.5, 0.6) is 0 Å². The van der Waals surface area contributed by atoms with Gasteiger partial charge in [-0.3, -0.25) is 4.79 Å². The summed E-state index contributed by atoms with van der Waals surface area (Å²) in [5.74, 6) is -2.25. The maximum atomic E-state index is 13.0. The summed E-state index contributed by atoms with van der Waals surface area (Å²) in [6, 6.07) is 6.07. The van der Waals surface area contributed by atoms with Gasteiger partial charge in [0.15, 0.2) is 11.6 Å². The maximum absolute atomic E-state index is 13.0. The van der Waals surface area contributed by atoms with Gasteiger partial charge in [-0.25, -0.2) is 13.8 Å². The van der Waals surface area contributed by atoms with Crippen molar-refractivity contribution in [1.29, 1.82) is 0 Å². The van der Waals surface area contributed by atoms with Crippen LogP contribution in [0.1, 0.15) is 16.1 Å². The third-order valence-corrected chi connectivity index (χ3v) is 2.41. The molecule has 0 spiro atoms. The van der Waals surface area contributed by atoms with Crippen molar-refractivity contribution < 1.29 is 13.6 Å². The molecule has 0 atom stereocenters. The van der Waals surface area contributed by atoms with Gasteiger partial charge in [0.2, 0.25) is 0 Å². The summed E-state index contributed by atoms with van der Waals surface area (Å²) in [5, 5.41) is 2.45. The number of pyridine rings is 1. The molecule has 0 radical (unpaired) electrons. The molecule has 4 nitrogen and oxygen atoms in total. The molecule has 2 rings (SSSR count). The third kappa shape index (κ3) is 3.04. The van der Waals surface area contributed by atoms with Crippen LogP contribution in [0.25, 0.3) is 0 Å². The van der Waals surface area contributed by atoms with Crippen LogP contribution in [0, 0.1) is 18.6 Å². The number of anilines is 2. The Hall–Kier alpha value is -2.50. The van der Waals surface area contributed by atoms with Crippen molar-refractivity contribution in [3.63, 3.8) is 0 Å². The fraction of sp³-hybridized carbons (Fsp3) is 0.0769. The lowest BCUT2D eigenvalue weighted by Crippen LogP contribution is -2.13. The summed E-state index contributed by atoms with van der Waals surface area (Å²) in [7, 11) is 0. The molecule has 98 valence electrons. The largest absolute Gasteiger partial charge is 0.384 e. The number of amides is 1. The minimum Gasteiger partial charge on any atom is -0.384 e. The Morgan fingerprint density at radius 1 is 1.21 bits per heavy atom. The van der Waals surface area contributed by atoms with Crippen molar-refractivity contribution in [3.05, 3.63) is 53.2 Å². The highest BCUT2D eigenvalue weighted by atomic mass is 19.2. The van der Waals surface area contributed by atoms with Crippen LogP contribution in [0.4, 0.5) is 20.3 Å². The first-order valence-corrected chi connectivity index (χ1v) is 5.46. The molecule has 0 unspecified atom stereocenters. The summed E-state index contributed by atoms with van der Waals surface area (Å²) in [4.78, 5) is 15.8. The number of rotatable bonds is 2. The zero-order valence-electron chi connectivity index (χ0n) is 10.1. The minimum atomic E-state index is -1.02. The number of aryl methyl sites for hydroxylation is 1. The zero-order valence-corrected chi connectivity index (χ0v) is 10.1. The molecule has 1 heterocycles. The molecule has 1 amide bonds. The van der Waals surface area contributed by atoms with Gasteiger partial charge in [-0.1, -0.05) is 0 Å². The van der Waals surface area contributed by atoms with E-state index in [-0.39, 0.29) is 11.5 Å². The Morgan fingerprint density at radius 3 is 2.58 bits per heavy atom. The van der Waals surface area contributed by atoms with Crippen molar-refractivity contribution in [2.45, 2.75) is 6.92 Å². The first-order chi connectivity index (χ1) is 8.95. The third-order valence-electron chi connectivity index (χ3n) is 2.41. The van der Waals surface area contributed by atoms with Crippen LogP contribution >= 0.6 is 0 Å². The number of nitrogens with zero attached hydrogens (tertiary/aromatic N) is 1. The molecule has 2 aromatic rings. The van der Waals surface area contributed by atoms with E-state index in [0.717, 1.165) is 12.1 Å². The minimum absolute atomic E-state index is 0.164. The van der Waals surface area contributed by atoms with Gasteiger partial charge in [0, 0.05) is 23.0 Å². The summed E-state index contributed by atoms with van der Waals surface area (Å²) in [6.07, 6.45) is 0. The van der Waals surface area contributed by atoms with Gasteiger partial charge in [-0.05, 0) is 31.2 Å². The van der Waals surface area contributed by atoms with Gasteiger partial charge in [-0.2, -0.15) is 0 Å². The molecule has 19 heavy (non-hydrogen) atoms. The molecule has 0 aliphatic rings. The highest BCUT2D eigenvalue weighted by Crippen LogP contribution is 2.15. The van der Waals surface area contributed by atoms with Crippen LogP contribution in [0.2, 0.25) is 0 Å². The first kappa shape index (κ1) is 12.9. The van der Waals surface area contributed by atoms with E-state index in [1.807, 2.05) is 0 Å². The Kier molecular flexibility index (Phi) is 3.41. The molecular weight excluding hydrogens is 252 g/mol. The Morgan fingerprint density at radius 2 is 1.95 bits per heavy atom. The molecule has 0 aliphatic heterocycles. The van der Waals surface area contributed by atoms with Gasteiger partial charge in [0.25, 0.3) is 5.91 Å². The Bertz CT molecular complexity index is 624. The molecule has 3 N–H and O–H groups in total. The summed E-state index contributed by atoms with van der Waals surface area (Å²) >= 11 is 0. The average molecular weight is 263 g/mol. The van der Waals surface area contributed by atoms with Crippen LogP contribution in [-0.2, 0) is 0 Å². The van der Waals surface area contributed by atoms with Crippen molar-refractivity contribution in [1.82, 2.24) is 4.98 Å². The summed E-state index contributed by atoms with van der Waals surface area (Å²) < 4.78 is 25.8. The van der Waals surface area contributed by atoms with Crippen LogP contribution in [-0.4, -0.2) is 10.9 Å². The van der Waals surface area contributed by atoms with E-state index < -0.39 is 17.5 Å². The lowest BCUT2D eigenvalue weighted by molar-refractivity contribution is 0.102. The van der Waals surface area contributed by atoms with E-state index in [4.69, 9.17) is 5.73 Å². The maximum Gasteiger partial charge on any atom is 0.255 e. The number of nitrogen functional groups attached to an aromatic ring is 1. The topological polar surface area (TPSA) is 68.0 Å². The van der Waals surface area contributed by atoms with Gasteiger partial charge in [0.05, 0.1) is 0 Å². The smallest absolute Gasteiger partial charge is 0.255 e. The lowest BCUT2D eigenvalue weighted by atomic mass is 10.2. The highest BCUT2D eigenvalue weighted by molar-refractivity contribution is 6.04. The van der Waals surface area contributed by atoms with Crippen molar-refractivity contribution in [2.75, 3.05) is 11.1 Å². The van der Waals surface area contributed by atoms with Crippen molar-refractivity contribution >= 4 is 17.4 Å². The Balaban J connectivity index is 2.22. The number of carbonyl (C=O) groups excluding carboxylic acids is 1. The molecule has 0 saturated carbocycles. The van der Waals surface area contributed by atoms with Crippen molar-refractivity contribution in [2.24, 2.45) is 0 Å². The standard InChI is InChI=1S/C13H11F2N3O/c1-7-4-8(5-12(16)17-7)13(19)18-9-2-3-10(14)11(15)6-9/h2-6H,1H3,(H2,16,17)(H,18,19). The van der Waals surface area contributed by atoms with Gasteiger partial charge in [0.1, 0.15) is 5.82 Å². The van der Waals surface area contributed by atoms with Gasteiger partial charge in [-0.15, -0.1) is 0 Å². The predicted octanol–water partition coefficient (Wildman–Crippen LogP) is 2.50. The molecule has 0 aliphatic carbocycles. The predicted molar refractivity (Wildman–Crippen MR) is 67.7 cm³/mol. The van der Waals surface area contributed by atoms with Gasteiger partial charge < -0.3 is 11.1 Å². The van der Waals surface area contributed by atoms with E-state index in [9.17, 15) is 13.6 Å². The van der Waals surface area contributed by atoms with Crippen molar-refractivity contribution in [3.8, 4) is 0 Å². The monoisotopic (exact) mass is 263 g/mol. The number of nitrogens with two attached hydrogens (primary N) is 1. The highest BCUT2D eigenvalue weighted by Gasteiger charge is 2.10. The number of aromatic nitrogens is 1. The second-order valence-electron chi connectivity index (χ2n) is 4.01. The number of nitrogens with one attached hydrogen (secondary N) is 1. The van der Waals surface area contributed by atoms with E-state index in [1.54, 1.807) is 13.0 Å². The molecule has 0 fully saturated rings. The summed E-state index contributed by atoms with van der Waals surface area (Å²) in [6.45, 7) is 1.70. The molecule has 0 bridgehead atoms. The molecule has 1 aromatic carbocycles. The van der Waals surface area contributed by atoms with Gasteiger partial charge >= 0.3 is 0 Å². The number of halogens is 2. The fourth-order valence-corrected chi connectivity index (χ4v) is 1.60.